The molecule has 5 rings (SSSR count). The number of carbonyl (C=O) groups is 1. The summed E-state index contributed by atoms with van der Waals surface area (Å²) in [5.74, 6) is -0.811. The maximum Gasteiger partial charge on any atom is 0.312 e. The molecule has 2 aliphatic rings. The number of hydrogen-bond acceptors (Lipinski definition) is 4. The van der Waals surface area contributed by atoms with Crippen molar-refractivity contribution in [3.63, 3.8) is 0 Å². The molecule has 1 saturated heterocycles. The molecule has 0 bridgehead atoms. The van der Waals surface area contributed by atoms with E-state index in [1.54, 1.807) is 7.11 Å². The van der Waals surface area contributed by atoms with E-state index < -0.39 is 22.9 Å². The standard InChI is InChI=1S/C29H31NO4/c1-34-24-14-8-13-23(17-24)29(33)16-15-25(22-11-6-3-7-12-22)28(27(31)32)20-30(19-26(28)29)18-21-9-4-2-5-10-21/h2-14,17,25-26,33H,15-16,18-20H2,1H3,(H,31,32). The molecule has 0 radical (unpaired) electrons. The largest absolute Gasteiger partial charge is 0.497 e. The Labute approximate surface area is 200 Å². The molecule has 0 spiro atoms. The predicted octanol–water partition coefficient (Wildman–Crippen LogP) is 4.66. The highest BCUT2D eigenvalue weighted by molar-refractivity contribution is 5.78. The average molecular weight is 458 g/mol. The Morgan fingerprint density at radius 2 is 1.74 bits per heavy atom. The van der Waals surface area contributed by atoms with Crippen LogP contribution in [0.2, 0.25) is 0 Å². The van der Waals surface area contributed by atoms with Crippen LogP contribution in [-0.4, -0.2) is 41.3 Å². The molecule has 0 aromatic heterocycles. The smallest absolute Gasteiger partial charge is 0.312 e. The number of carboxylic acids is 1. The monoisotopic (exact) mass is 457 g/mol. The fraction of sp³-hybridized carbons (Fsp3) is 0.345. The fourth-order valence-electron chi connectivity index (χ4n) is 6.41. The Bertz CT molecular complexity index is 1150. The van der Waals surface area contributed by atoms with Gasteiger partial charge in [0.1, 0.15) is 5.75 Å². The number of methoxy groups -OCH3 is 1. The highest BCUT2D eigenvalue weighted by Crippen LogP contribution is 2.61. The molecule has 4 atom stereocenters. The number of benzene rings is 3. The van der Waals surface area contributed by atoms with Crippen molar-refractivity contribution in [2.24, 2.45) is 11.3 Å². The van der Waals surface area contributed by atoms with Crippen LogP contribution in [0.5, 0.6) is 5.75 Å². The van der Waals surface area contributed by atoms with E-state index in [1.165, 1.54) is 0 Å². The van der Waals surface area contributed by atoms with Gasteiger partial charge in [-0.15, -0.1) is 0 Å². The minimum Gasteiger partial charge on any atom is -0.497 e. The lowest BCUT2D eigenvalue weighted by Gasteiger charge is -2.51. The highest BCUT2D eigenvalue weighted by atomic mass is 16.5. The summed E-state index contributed by atoms with van der Waals surface area (Å²) in [7, 11) is 1.61. The molecular formula is C29H31NO4. The van der Waals surface area contributed by atoms with Crippen LogP contribution in [0.25, 0.3) is 0 Å². The van der Waals surface area contributed by atoms with Crippen LogP contribution in [0.1, 0.15) is 35.4 Å². The van der Waals surface area contributed by atoms with Gasteiger partial charge in [0, 0.05) is 31.5 Å². The first-order chi connectivity index (χ1) is 16.5. The fourth-order valence-corrected chi connectivity index (χ4v) is 6.41. The summed E-state index contributed by atoms with van der Waals surface area (Å²) in [4.78, 5) is 15.4. The molecular weight excluding hydrogens is 426 g/mol. The van der Waals surface area contributed by atoms with E-state index in [-0.39, 0.29) is 5.92 Å². The molecule has 176 valence electrons. The predicted molar refractivity (Wildman–Crippen MR) is 131 cm³/mol. The van der Waals surface area contributed by atoms with E-state index in [4.69, 9.17) is 4.74 Å². The second-order valence-electron chi connectivity index (χ2n) is 9.71. The summed E-state index contributed by atoms with van der Waals surface area (Å²) >= 11 is 0. The van der Waals surface area contributed by atoms with Crippen molar-refractivity contribution in [2.45, 2.75) is 30.9 Å². The van der Waals surface area contributed by atoms with Crippen LogP contribution in [0.3, 0.4) is 0 Å². The third-order valence-electron chi connectivity index (χ3n) is 7.98. The molecule has 3 aromatic carbocycles. The van der Waals surface area contributed by atoms with E-state index in [0.717, 1.165) is 16.7 Å². The molecule has 5 heteroatoms. The lowest BCUT2D eigenvalue weighted by Crippen LogP contribution is -2.56. The SMILES string of the molecule is COc1cccc(C2(O)CCC(c3ccccc3)C3(C(=O)O)CN(Cc4ccccc4)CC23)c1. The maximum absolute atomic E-state index is 13.2. The summed E-state index contributed by atoms with van der Waals surface area (Å²) in [5.41, 5.74) is 0.540. The number of aliphatic hydroxyl groups is 1. The number of carboxylic acid groups (broad SMARTS) is 1. The average Bonchev–Trinajstić information content (AvgIpc) is 3.27. The molecule has 2 fully saturated rings. The van der Waals surface area contributed by atoms with E-state index >= 15 is 0 Å². The van der Waals surface area contributed by atoms with Crippen molar-refractivity contribution in [3.8, 4) is 5.75 Å². The van der Waals surface area contributed by atoms with Gasteiger partial charge < -0.3 is 14.9 Å². The van der Waals surface area contributed by atoms with Gasteiger partial charge in [-0.25, -0.2) is 0 Å². The maximum atomic E-state index is 13.2. The first-order valence-corrected chi connectivity index (χ1v) is 11.9. The summed E-state index contributed by atoms with van der Waals surface area (Å²) in [5, 5.41) is 23.1. The van der Waals surface area contributed by atoms with E-state index in [9.17, 15) is 15.0 Å². The van der Waals surface area contributed by atoms with Gasteiger partial charge in [-0.2, -0.15) is 0 Å². The number of rotatable bonds is 6. The molecule has 1 heterocycles. The molecule has 1 aliphatic carbocycles. The Hall–Kier alpha value is -3.15. The zero-order chi connectivity index (χ0) is 23.8. The topological polar surface area (TPSA) is 70.0 Å². The lowest BCUT2D eigenvalue weighted by molar-refractivity contribution is -0.169. The molecule has 0 amide bonds. The van der Waals surface area contributed by atoms with Crippen molar-refractivity contribution in [3.05, 3.63) is 102 Å². The normalized spacial score (nSPS) is 28.9. The van der Waals surface area contributed by atoms with Crippen LogP contribution in [-0.2, 0) is 16.9 Å². The van der Waals surface area contributed by atoms with Crippen molar-refractivity contribution in [2.75, 3.05) is 20.2 Å². The van der Waals surface area contributed by atoms with Crippen LogP contribution < -0.4 is 4.74 Å². The third-order valence-corrected chi connectivity index (χ3v) is 7.98. The van der Waals surface area contributed by atoms with Gasteiger partial charge in [-0.05, 0) is 41.7 Å². The summed E-state index contributed by atoms with van der Waals surface area (Å²) in [6.45, 7) is 1.56. The van der Waals surface area contributed by atoms with Gasteiger partial charge in [0.25, 0.3) is 0 Å². The van der Waals surface area contributed by atoms with Crippen molar-refractivity contribution < 1.29 is 19.7 Å². The number of nitrogens with zero attached hydrogens (tertiary/aromatic N) is 1. The van der Waals surface area contributed by atoms with Gasteiger partial charge in [0.05, 0.1) is 18.1 Å². The van der Waals surface area contributed by atoms with Crippen molar-refractivity contribution >= 4 is 5.97 Å². The first kappa shape index (κ1) is 22.6. The van der Waals surface area contributed by atoms with Crippen LogP contribution in [0.4, 0.5) is 0 Å². The highest BCUT2D eigenvalue weighted by Gasteiger charge is 2.66. The van der Waals surface area contributed by atoms with Crippen LogP contribution >= 0.6 is 0 Å². The van der Waals surface area contributed by atoms with Gasteiger partial charge in [0.15, 0.2) is 0 Å². The van der Waals surface area contributed by atoms with Crippen molar-refractivity contribution in [1.82, 2.24) is 4.90 Å². The molecule has 4 unspecified atom stereocenters. The van der Waals surface area contributed by atoms with Gasteiger partial charge in [-0.3, -0.25) is 9.69 Å². The third kappa shape index (κ3) is 3.69. The lowest BCUT2D eigenvalue weighted by atomic mass is 9.53. The number of fused-ring (bicyclic) bond motifs is 1. The van der Waals surface area contributed by atoms with E-state index in [2.05, 4.69) is 17.0 Å². The summed E-state index contributed by atoms with van der Waals surface area (Å²) in [6, 6.07) is 27.6. The van der Waals surface area contributed by atoms with Crippen LogP contribution in [0.15, 0.2) is 84.9 Å². The second-order valence-corrected chi connectivity index (χ2v) is 9.71. The second kappa shape index (κ2) is 8.90. The first-order valence-electron chi connectivity index (χ1n) is 11.9. The molecule has 2 N–H and O–H groups in total. The van der Waals surface area contributed by atoms with E-state index in [1.807, 2.05) is 72.8 Å². The molecule has 34 heavy (non-hydrogen) atoms. The Morgan fingerprint density at radius 3 is 2.41 bits per heavy atom. The Kier molecular flexibility index (Phi) is 5.92. The number of likely N-dealkylation sites (tertiary alicyclic amines) is 1. The number of aliphatic carboxylic acids is 1. The zero-order valence-electron chi connectivity index (χ0n) is 19.4. The quantitative estimate of drug-likeness (QED) is 0.563. The van der Waals surface area contributed by atoms with Crippen molar-refractivity contribution in [1.29, 1.82) is 0 Å². The molecule has 1 aliphatic heterocycles. The number of hydrogen-bond donors (Lipinski definition) is 2. The summed E-state index contributed by atoms with van der Waals surface area (Å²) < 4.78 is 5.43. The van der Waals surface area contributed by atoms with Gasteiger partial charge in [0.2, 0.25) is 0 Å². The minimum absolute atomic E-state index is 0.178. The molecule has 5 nitrogen and oxygen atoms in total. The van der Waals surface area contributed by atoms with Gasteiger partial charge in [-0.1, -0.05) is 72.8 Å². The Balaban J connectivity index is 1.61. The van der Waals surface area contributed by atoms with E-state index in [0.29, 0.717) is 38.2 Å². The molecule has 1 saturated carbocycles. The number of ether oxygens (including phenoxy) is 1. The zero-order valence-corrected chi connectivity index (χ0v) is 19.4. The minimum atomic E-state index is -1.26. The molecule has 3 aromatic rings. The van der Waals surface area contributed by atoms with Crippen LogP contribution in [0, 0.1) is 11.3 Å². The summed E-state index contributed by atoms with van der Waals surface area (Å²) in [6.07, 6.45) is 1.10. The van der Waals surface area contributed by atoms with Gasteiger partial charge >= 0.3 is 5.97 Å². The Morgan fingerprint density at radius 1 is 1.03 bits per heavy atom.